The maximum Gasteiger partial charge on any atom is 0.338 e. The highest BCUT2D eigenvalue weighted by molar-refractivity contribution is 5.93. The fraction of sp³-hybridized carbons (Fsp3) is 0.300. The van der Waals surface area contributed by atoms with Gasteiger partial charge < -0.3 is 19.5 Å². The minimum absolute atomic E-state index is 0.160. The highest BCUT2D eigenvalue weighted by Gasteiger charge is 2.11. The molecule has 0 saturated heterocycles. The van der Waals surface area contributed by atoms with E-state index in [2.05, 4.69) is 5.32 Å². The monoisotopic (exact) mass is 357 g/mol. The molecule has 0 saturated carbocycles. The van der Waals surface area contributed by atoms with Crippen molar-refractivity contribution in [3.05, 3.63) is 53.6 Å². The van der Waals surface area contributed by atoms with Gasteiger partial charge in [0.05, 0.1) is 24.5 Å². The lowest BCUT2D eigenvalue weighted by Gasteiger charge is -2.12. The van der Waals surface area contributed by atoms with Gasteiger partial charge in [-0.1, -0.05) is 6.07 Å². The van der Waals surface area contributed by atoms with Gasteiger partial charge in [0.2, 0.25) is 0 Å². The number of hydrogen-bond donors (Lipinski definition) is 1. The number of anilines is 1. The molecule has 0 spiro atoms. The Morgan fingerprint density at radius 3 is 2.38 bits per heavy atom. The molecular formula is C20H23NO5. The third-order valence-corrected chi connectivity index (χ3v) is 3.43. The molecule has 0 heterocycles. The molecule has 0 unspecified atom stereocenters. The second-order valence-electron chi connectivity index (χ2n) is 6.02. The molecule has 0 atom stereocenters. The van der Waals surface area contributed by atoms with E-state index >= 15 is 0 Å². The summed E-state index contributed by atoms with van der Waals surface area (Å²) in [4.78, 5) is 23.9. The quantitative estimate of drug-likeness (QED) is 0.767. The van der Waals surface area contributed by atoms with Crippen molar-refractivity contribution >= 4 is 17.6 Å². The third kappa shape index (κ3) is 5.51. The van der Waals surface area contributed by atoms with Gasteiger partial charge in [0.25, 0.3) is 5.91 Å². The lowest BCUT2D eigenvalue weighted by atomic mass is 10.2. The van der Waals surface area contributed by atoms with Crippen LogP contribution in [-0.4, -0.2) is 31.7 Å². The topological polar surface area (TPSA) is 73.9 Å². The Bertz CT molecular complexity index is 768. The van der Waals surface area contributed by atoms with Crippen LogP contribution in [0.1, 0.15) is 29.8 Å². The molecule has 2 aromatic rings. The molecular weight excluding hydrogens is 334 g/mol. The van der Waals surface area contributed by atoms with Crippen LogP contribution in [0.4, 0.5) is 5.69 Å². The van der Waals surface area contributed by atoms with Gasteiger partial charge in [-0.2, -0.15) is 0 Å². The van der Waals surface area contributed by atoms with E-state index in [1.165, 1.54) is 0 Å². The molecule has 0 aliphatic heterocycles. The summed E-state index contributed by atoms with van der Waals surface area (Å²) in [5.41, 5.74) is 2.03. The highest BCUT2D eigenvalue weighted by Crippen LogP contribution is 2.25. The minimum atomic E-state index is -0.393. The summed E-state index contributed by atoms with van der Waals surface area (Å²) < 4.78 is 15.8. The Balaban J connectivity index is 1.91. The van der Waals surface area contributed by atoms with Gasteiger partial charge in [0.1, 0.15) is 11.5 Å². The number of hydrogen-bond acceptors (Lipinski definition) is 5. The molecule has 0 fully saturated rings. The van der Waals surface area contributed by atoms with Crippen LogP contribution in [0.2, 0.25) is 0 Å². The van der Waals surface area contributed by atoms with Crippen molar-refractivity contribution in [2.75, 3.05) is 19.0 Å². The molecule has 0 bridgehead atoms. The molecule has 2 rings (SSSR count). The number of methoxy groups -OCH3 is 1. The molecule has 1 N–H and O–H groups in total. The summed E-state index contributed by atoms with van der Waals surface area (Å²) >= 11 is 0. The lowest BCUT2D eigenvalue weighted by Crippen LogP contribution is -2.20. The SMILES string of the molecule is COc1ccc(C)cc1NC(=O)COc1ccc(C(=O)OC(C)C)cc1. The molecule has 1 amide bonds. The lowest BCUT2D eigenvalue weighted by molar-refractivity contribution is -0.118. The van der Waals surface area contributed by atoms with Crippen molar-refractivity contribution in [3.63, 3.8) is 0 Å². The summed E-state index contributed by atoms with van der Waals surface area (Å²) in [6.07, 6.45) is -0.180. The first-order valence-electron chi connectivity index (χ1n) is 8.27. The van der Waals surface area contributed by atoms with Crippen LogP contribution in [0, 0.1) is 6.92 Å². The molecule has 6 heteroatoms. The molecule has 0 radical (unpaired) electrons. The molecule has 26 heavy (non-hydrogen) atoms. The third-order valence-electron chi connectivity index (χ3n) is 3.43. The maximum absolute atomic E-state index is 12.1. The predicted octanol–water partition coefficient (Wildman–Crippen LogP) is 3.59. The van der Waals surface area contributed by atoms with Gasteiger partial charge in [-0.05, 0) is 62.7 Å². The molecule has 0 aliphatic rings. The van der Waals surface area contributed by atoms with Gasteiger partial charge in [-0.25, -0.2) is 4.79 Å². The Labute approximate surface area is 153 Å². The van der Waals surface area contributed by atoms with Crippen LogP contribution in [-0.2, 0) is 9.53 Å². The first-order valence-corrected chi connectivity index (χ1v) is 8.27. The van der Waals surface area contributed by atoms with Crippen LogP contribution in [0.5, 0.6) is 11.5 Å². The minimum Gasteiger partial charge on any atom is -0.495 e. The van der Waals surface area contributed by atoms with Gasteiger partial charge in [-0.15, -0.1) is 0 Å². The zero-order valence-corrected chi connectivity index (χ0v) is 15.4. The van der Waals surface area contributed by atoms with E-state index in [0.717, 1.165) is 5.56 Å². The van der Waals surface area contributed by atoms with Crippen molar-refractivity contribution in [1.82, 2.24) is 0 Å². The number of amides is 1. The van der Waals surface area contributed by atoms with E-state index in [9.17, 15) is 9.59 Å². The number of esters is 1. The highest BCUT2D eigenvalue weighted by atomic mass is 16.5. The fourth-order valence-electron chi connectivity index (χ4n) is 2.22. The Morgan fingerprint density at radius 1 is 1.08 bits per heavy atom. The first kappa shape index (κ1) is 19.3. The first-order chi connectivity index (χ1) is 12.4. The van der Waals surface area contributed by atoms with Gasteiger partial charge in [0, 0.05) is 0 Å². The number of rotatable bonds is 7. The zero-order chi connectivity index (χ0) is 19.1. The van der Waals surface area contributed by atoms with Crippen LogP contribution in [0.15, 0.2) is 42.5 Å². The number of nitrogens with one attached hydrogen (secondary N) is 1. The normalized spacial score (nSPS) is 10.3. The van der Waals surface area contributed by atoms with Crippen molar-refractivity contribution in [2.24, 2.45) is 0 Å². The fourth-order valence-corrected chi connectivity index (χ4v) is 2.22. The summed E-state index contributed by atoms with van der Waals surface area (Å²) in [7, 11) is 1.54. The van der Waals surface area contributed by atoms with Crippen LogP contribution in [0.25, 0.3) is 0 Å². The molecule has 138 valence electrons. The Morgan fingerprint density at radius 2 is 1.77 bits per heavy atom. The summed E-state index contributed by atoms with van der Waals surface area (Å²) in [5, 5.41) is 2.76. The Hall–Kier alpha value is -3.02. The smallest absolute Gasteiger partial charge is 0.338 e. The largest absolute Gasteiger partial charge is 0.495 e. The number of aryl methyl sites for hydroxylation is 1. The van der Waals surface area contributed by atoms with Crippen molar-refractivity contribution in [1.29, 1.82) is 0 Å². The van der Waals surface area contributed by atoms with E-state index < -0.39 is 5.97 Å². The standard InChI is InChI=1S/C20H23NO5/c1-13(2)26-20(23)15-6-8-16(9-7-15)25-12-19(22)21-17-11-14(3)5-10-18(17)24-4/h5-11,13H,12H2,1-4H3,(H,21,22). The van der Waals surface area contributed by atoms with Crippen LogP contribution in [0.3, 0.4) is 0 Å². The summed E-state index contributed by atoms with van der Waals surface area (Å²) in [6, 6.07) is 12.0. The Kier molecular flexibility index (Phi) is 6.60. The second-order valence-corrected chi connectivity index (χ2v) is 6.02. The van der Waals surface area contributed by atoms with E-state index in [1.807, 2.05) is 19.1 Å². The number of benzene rings is 2. The van der Waals surface area contributed by atoms with Crippen molar-refractivity contribution < 1.29 is 23.8 Å². The van der Waals surface area contributed by atoms with Crippen molar-refractivity contribution in [3.8, 4) is 11.5 Å². The van der Waals surface area contributed by atoms with Gasteiger partial charge >= 0.3 is 5.97 Å². The summed E-state index contributed by atoms with van der Waals surface area (Å²) in [6.45, 7) is 5.35. The molecule has 2 aromatic carbocycles. The van der Waals surface area contributed by atoms with Crippen LogP contribution < -0.4 is 14.8 Å². The number of ether oxygens (including phenoxy) is 3. The average molecular weight is 357 g/mol. The van der Waals surface area contributed by atoms with E-state index in [4.69, 9.17) is 14.2 Å². The summed E-state index contributed by atoms with van der Waals surface area (Å²) in [5.74, 6) is 0.363. The predicted molar refractivity (Wildman–Crippen MR) is 98.8 cm³/mol. The van der Waals surface area contributed by atoms with Gasteiger partial charge in [0.15, 0.2) is 6.61 Å². The van der Waals surface area contributed by atoms with E-state index in [-0.39, 0.29) is 18.6 Å². The number of carbonyl (C=O) groups excluding carboxylic acids is 2. The molecule has 6 nitrogen and oxygen atoms in total. The molecule has 0 aromatic heterocycles. The molecule has 0 aliphatic carbocycles. The van der Waals surface area contributed by atoms with Crippen LogP contribution >= 0.6 is 0 Å². The van der Waals surface area contributed by atoms with Crippen molar-refractivity contribution in [2.45, 2.75) is 26.9 Å². The zero-order valence-electron chi connectivity index (χ0n) is 15.4. The second kappa shape index (κ2) is 8.89. The number of carbonyl (C=O) groups is 2. The van der Waals surface area contributed by atoms with E-state index in [1.54, 1.807) is 51.3 Å². The average Bonchev–Trinajstić information content (AvgIpc) is 2.60. The van der Waals surface area contributed by atoms with E-state index in [0.29, 0.717) is 22.7 Å². The maximum atomic E-state index is 12.1. The van der Waals surface area contributed by atoms with Gasteiger partial charge in [-0.3, -0.25) is 4.79 Å².